The van der Waals surface area contributed by atoms with Gasteiger partial charge in [0.2, 0.25) is 5.91 Å². The van der Waals surface area contributed by atoms with E-state index in [9.17, 15) is 6.17 Å². The Hall–Kier alpha value is -0.690. The standard InChI is InChI=1S/C16H30N4O2/c1-10-8-12(11(2)17)14-13(9-10)15(21)19(3)16(18-14)20-4-6-22-7-5-20/h10-14,16,18H,4-9,17H2,1-3H3/t10?,11?,12?,13?,14?,16-/m0/s1/i8D2,9D2,10D,12D,13D,14D,16D/hD. The first-order valence-corrected chi connectivity index (χ1v) is 7.43. The summed E-state index contributed by atoms with van der Waals surface area (Å²) in [5.74, 6) is -10.6. The number of carbonyl (C=O) groups is 1. The fourth-order valence-electron chi connectivity index (χ4n) is 2.75. The van der Waals surface area contributed by atoms with Gasteiger partial charge >= 0.3 is 0 Å². The molecule has 0 bridgehead atoms. The summed E-state index contributed by atoms with van der Waals surface area (Å²) in [7, 11) is 1.10. The molecule has 3 N–H and O–H groups in total. The molecule has 0 radical (unpaired) electrons. The van der Waals surface area contributed by atoms with E-state index in [1.165, 1.54) is 4.90 Å². The van der Waals surface area contributed by atoms with Crippen LogP contribution in [-0.4, -0.2) is 67.4 Å². The summed E-state index contributed by atoms with van der Waals surface area (Å²) in [6, 6.07) is -4.93. The van der Waals surface area contributed by atoms with Gasteiger partial charge in [0.15, 0.2) is 0 Å². The maximum absolute atomic E-state index is 13.7. The maximum atomic E-state index is 13.7. The lowest BCUT2D eigenvalue weighted by Gasteiger charge is -2.53. The van der Waals surface area contributed by atoms with E-state index in [-0.39, 0.29) is 31.6 Å². The van der Waals surface area contributed by atoms with E-state index in [1.54, 1.807) is 0 Å². The van der Waals surface area contributed by atoms with E-state index >= 15 is 0 Å². The summed E-state index contributed by atoms with van der Waals surface area (Å²) in [5, 5.41) is 0.154. The zero-order valence-electron chi connectivity index (χ0n) is 23.1. The first-order valence-electron chi connectivity index (χ1n) is 12.4. The number of hydrogen-bond donors (Lipinski definition) is 2. The number of carbonyl (C=O) groups excluding carboxylic acids is 1. The van der Waals surface area contributed by atoms with Crippen LogP contribution in [0, 0.1) is 17.7 Å². The smallest absolute Gasteiger partial charge is 0.229 e. The molecule has 1 amide bonds. The van der Waals surface area contributed by atoms with Crippen molar-refractivity contribution in [3.8, 4) is 0 Å². The van der Waals surface area contributed by atoms with Crippen LogP contribution < -0.4 is 11.0 Å². The van der Waals surface area contributed by atoms with Gasteiger partial charge in [0.1, 0.15) is 7.68 Å². The van der Waals surface area contributed by atoms with Gasteiger partial charge in [0, 0.05) is 43.2 Å². The number of nitrogens with zero attached hydrogens (tertiary/aromatic N) is 2. The third-order valence-electron chi connectivity index (χ3n) is 3.91. The molecule has 2 saturated heterocycles. The maximum Gasteiger partial charge on any atom is 0.229 e. The van der Waals surface area contributed by atoms with Gasteiger partial charge in [-0.15, -0.1) is 0 Å². The molecule has 2 aliphatic heterocycles. The van der Waals surface area contributed by atoms with Crippen molar-refractivity contribution in [2.24, 2.45) is 23.4 Å². The molecule has 6 nitrogen and oxygen atoms in total. The Morgan fingerprint density at radius 1 is 1.50 bits per heavy atom. The number of ether oxygens (including phenoxy) is 1. The molecule has 22 heavy (non-hydrogen) atoms. The van der Waals surface area contributed by atoms with Crippen molar-refractivity contribution in [3.05, 3.63) is 0 Å². The minimum Gasteiger partial charge on any atom is -0.379 e. The van der Waals surface area contributed by atoms with Gasteiger partial charge in [0.25, 0.3) is 0 Å². The highest BCUT2D eigenvalue weighted by Crippen LogP contribution is 2.38. The van der Waals surface area contributed by atoms with Crippen molar-refractivity contribution in [2.75, 3.05) is 33.4 Å². The molecular weight excluding hydrogens is 280 g/mol. The number of rotatable bonds is 2. The second kappa shape index (κ2) is 6.43. The summed E-state index contributed by atoms with van der Waals surface area (Å²) in [6.45, 7) is 2.43. The molecule has 2 heterocycles. The molecule has 6 atom stereocenters. The van der Waals surface area contributed by atoms with Crippen molar-refractivity contribution >= 4 is 5.91 Å². The molecule has 0 aromatic carbocycles. The Labute approximate surface area is 147 Å². The molecular formula is C16H30N4O2. The van der Waals surface area contributed by atoms with Gasteiger partial charge in [-0.2, -0.15) is 0 Å². The monoisotopic (exact) mass is 320 g/mol. The van der Waals surface area contributed by atoms with Crippen molar-refractivity contribution in [2.45, 2.75) is 44.9 Å². The lowest BCUT2D eigenvalue weighted by Crippen LogP contribution is -2.71. The summed E-state index contributed by atoms with van der Waals surface area (Å²) >= 11 is 0. The minimum atomic E-state index is -3.35. The Bertz CT molecular complexity index is 812. The number of morpholine rings is 1. The van der Waals surface area contributed by atoms with E-state index in [1.807, 2.05) is 0 Å². The first-order chi connectivity index (χ1) is 14.3. The SMILES string of the molecule is [2H]N1C2([2H])C([2H])(C(=O)N(C)[C@@]1([2H])N1CCOCC1)C([2H])([2H])C([2H])(C)C([2H])([2H])C2([2H])C(C)N. The first kappa shape index (κ1) is 7.92. The molecule has 126 valence electrons. The van der Waals surface area contributed by atoms with Crippen LogP contribution in [0.25, 0.3) is 0 Å². The zero-order valence-corrected chi connectivity index (χ0v) is 13.1. The molecule has 3 aliphatic rings. The second-order valence-electron chi connectivity index (χ2n) is 5.68. The molecule has 3 rings (SSSR count). The van der Waals surface area contributed by atoms with Gasteiger partial charge in [-0.1, -0.05) is 6.92 Å². The highest BCUT2D eigenvalue weighted by molar-refractivity contribution is 5.80. The quantitative estimate of drug-likeness (QED) is 0.752. The number of fused-ring (bicyclic) bond motifs is 1. The molecule has 0 aromatic rings. The summed E-state index contributed by atoms with van der Waals surface area (Å²) in [4.78, 5) is 15.6. The predicted molar refractivity (Wildman–Crippen MR) is 84.9 cm³/mol. The Morgan fingerprint density at radius 2 is 2.18 bits per heavy atom. The predicted octanol–water partition coefficient (Wildman–Crippen LogP) is 0.0419. The van der Waals surface area contributed by atoms with E-state index in [0.717, 1.165) is 20.9 Å². The fourth-order valence-corrected chi connectivity index (χ4v) is 2.75. The lowest BCUT2D eigenvalue weighted by molar-refractivity contribution is -0.158. The van der Waals surface area contributed by atoms with Crippen LogP contribution in [0.2, 0.25) is 1.41 Å². The van der Waals surface area contributed by atoms with Crippen molar-refractivity contribution in [1.29, 1.82) is 0 Å². The number of hydrogen-bond acceptors (Lipinski definition) is 5. The Kier molecular flexibility index (Phi) is 2.32. The minimum absolute atomic E-state index is 0.0662. The molecule has 0 aromatic heterocycles. The second-order valence-corrected chi connectivity index (χ2v) is 5.68. The van der Waals surface area contributed by atoms with Crippen molar-refractivity contribution in [3.63, 3.8) is 0 Å². The average molecular weight is 321 g/mol. The van der Waals surface area contributed by atoms with Gasteiger partial charge in [-0.3, -0.25) is 15.0 Å². The van der Waals surface area contributed by atoms with Crippen LogP contribution in [0.5, 0.6) is 0 Å². The molecule has 6 heteroatoms. The zero-order chi connectivity index (χ0) is 24.9. The summed E-state index contributed by atoms with van der Waals surface area (Å²) in [6.07, 6.45) is -9.02. The van der Waals surface area contributed by atoms with Crippen molar-refractivity contribution < 1.29 is 23.3 Å². The summed E-state index contributed by atoms with van der Waals surface area (Å²) in [5.41, 5.74) is 5.98. The largest absolute Gasteiger partial charge is 0.379 e. The number of nitrogens with one attached hydrogen (secondary N) is 1. The van der Waals surface area contributed by atoms with Crippen LogP contribution in [0.1, 0.15) is 38.9 Å². The van der Waals surface area contributed by atoms with Gasteiger partial charge in [0.05, 0.1) is 20.5 Å². The fraction of sp³-hybridized carbons (Fsp3) is 0.938. The van der Waals surface area contributed by atoms with Crippen molar-refractivity contribution in [1.82, 2.24) is 15.1 Å². The molecule has 1 saturated carbocycles. The highest BCUT2D eigenvalue weighted by Gasteiger charge is 2.48. The van der Waals surface area contributed by atoms with Gasteiger partial charge in [-0.25, -0.2) is 0 Å². The van der Waals surface area contributed by atoms with E-state index in [0.29, 0.717) is 4.90 Å². The van der Waals surface area contributed by atoms with E-state index < -0.39 is 54.7 Å². The van der Waals surface area contributed by atoms with E-state index in [2.05, 4.69) is 0 Å². The normalized spacial score (nSPS) is 70.9. The molecule has 5 unspecified atom stereocenters. The molecule has 1 aliphatic carbocycles. The number of amides is 1. The topological polar surface area (TPSA) is 70.8 Å². The number of nitrogens with two attached hydrogens (primary N) is 1. The summed E-state index contributed by atoms with van der Waals surface area (Å²) < 4.78 is 93.5. The molecule has 0 spiro atoms. The Morgan fingerprint density at radius 3 is 2.82 bits per heavy atom. The van der Waals surface area contributed by atoms with Crippen LogP contribution in [-0.2, 0) is 9.53 Å². The third kappa shape index (κ3) is 2.89. The van der Waals surface area contributed by atoms with Crippen LogP contribution in [0.4, 0.5) is 0 Å². The third-order valence-corrected chi connectivity index (χ3v) is 3.91. The highest BCUT2D eigenvalue weighted by atomic mass is 16.5. The van der Waals surface area contributed by atoms with Gasteiger partial charge < -0.3 is 15.4 Å². The Balaban J connectivity index is 2.43. The van der Waals surface area contributed by atoms with Crippen LogP contribution in [0.15, 0.2) is 0 Å². The van der Waals surface area contributed by atoms with Crippen LogP contribution in [0.3, 0.4) is 0 Å². The lowest BCUT2D eigenvalue weighted by atomic mass is 9.68. The molecule has 3 fully saturated rings. The average Bonchev–Trinajstić information content (AvgIpc) is 2.73. The van der Waals surface area contributed by atoms with Crippen LogP contribution >= 0.6 is 0 Å². The van der Waals surface area contributed by atoms with E-state index in [4.69, 9.17) is 22.8 Å². The van der Waals surface area contributed by atoms with Gasteiger partial charge in [-0.05, 0) is 31.5 Å².